The van der Waals surface area contributed by atoms with Crippen LogP contribution >= 0.6 is 0 Å². The average Bonchev–Trinajstić information content (AvgIpc) is 3.28. The number of alkyl halides is 3. The number of H-pyrrole nitrogens is 1. The maximum Gasteiger partial charge on any atom is 0.433 e. The predicted octanol–water partition coefficient (Wildman–Crippen LogP) is 5.28. The van der Waals surface area contributed by atoms with Gasteiger partial charge in [-0.05, 0) is 67.4 Å². The third-order valence-electron chi connectivity index (χ3n) is 6.07. The van der Waals surface area contributed by atoms with Gasteiger partial charge in [-0.1, -0.05) is 12.5 Å². The molecule has 0 bridgehead atoms. The van der Waals surface area contributed by atoms with Crippen molar-refractivity contribution in [2.24, 2.45) is 0 Å². The number of hydrogen-bond donors (Lipinski definition) is 2. The first-order valence-corrected chi connectivity index (χ1v) is 11.4. The van der Waals surface area contributed by atoms with E-state index in [0.29, 0.717) is 10.9 Å². The minimum Gasteiger partial charge on any atom is -0.320 e. The topological polar surface area (TPSA) is 86.8 Å². The first-order chi connectivity index (χ1) is 16.9. The highest BCUT2D eigenvalue weighted by atomic mass is 19.4. The van der Waals surface area contributed by atoms with Crippen LogP contribution in [0.15, 0.2) is 55.0 Å². The quantitative estimate of drug-likeness (QED) is 0.406. The summed E-state index contributed by atoms with van der Waals surface area (Å²) in [4.78, 5) is 23.0. The van der Waals surface area contributed by atoms with Gasteiger partial charge in [-0.2, -0.15) is 18.3 Å². The monoisotopic (exact) mass is 480 g/mol. The third-order valence-corrected chi connectivity index (χ3v) is 6.07. The second-order valence-electron chi connectivity index (χ2n) is 8.63. The fourth-order valence-electron chi connectivity index (χ4n) is 4.33. The molecule has 0 atom stereocenters. The van der Waals surface area contributed by atoms with E-state index in [2.05, 4.69) is 36.4 Å². The van der Waals surface area contributed by atoms with Gasteiger partial charge < -0.3 is 5.32 Å². The Kier molecular flexibility index (Phi) is 6.21. The summed E-state index contributed by atoms with van der Waals surface area (Å²) in [6, 6.07) is 9.76. The molecule has 5 rings (SSSR count). The van der Waals surface area contributed by atoms with E-state index in [1.54, 1.807) is 6.20 Å². The highest BCUT2D eigenvalue weighted by Crippen LogP contribution is 2.30. The van der Waals surface area contributed by atoms with Crippen molar-refractivity contribution in [2.45, 2.75) is 32.0 Å². The molecule has 0 radical (unpaired) electrons. The van der Waals surface area contributed by atoms with Crippen LogP contribution in [-0.4, -0.2) is 44.1 Å². The Labute approximate surface area is 199 Å². The summed E-state index contributed by atoms with van der Waals surface area (Å²) in [7, 11) is 0. The number of carbonyl (C=O) groups is 1. The maximum absolute atomic E-state index is 13.0. The summed E-state index contributed by atoms with van der Waals surface area (Å²) in [5.74, 6) is -0.621. The first kappa shape index (κ1) is 23.0. The number of nitrogens with one attached hydrogen (secondary N) is 2. The number of pyridine rings is 2. The molecule has 1 aromatic carbocycles. The van der Waals surface area contributed by atoms with E-state index < -0.39 is 17.8 Å². The standard InChI is InChI=1S/C25H23F3N6O/c26-25(27,28)22-12-19(6-7-30-22)31-24(35)23-20-11-17(4-5-21(20)32-33-23)18-10-16(13-29-14-18)15-34-8-2-1-3-9-34/h4-7,10-14H,1-3,8-9,15H2,(H,32,33)(H,30,31,35). The molecule has 3 aromatic heterocycles. The number of benzene rings is 1. The van der Waals surface area contributed by atoms with Crippen LogP contribution in [0.25, 0.3) is 22.0 Å². The van der Waals surface area contributed by atoms with Crippen LogP contribution in [0.2, 0.25) is 0 Å². The number of piperidine rings is 1. The smallest absolute Gasteiger partial charge is 0.320 e. The van der Waals surface area contributed by atoms with Crippen LogP contribution in [0.1, 0.15) is 41.0 Å². The molecule has 35 heavy (non-hydrogen) atoms. The number of amides is 1. The number of aromatic nitrogens is 4. The first-order valence-electron chi connectivity index (χ1n) is 11.4. The molecule has 1 aliphatic heterocycles. The Morgan fingerprint density at radius 1 is 1.03 bits per heavy atom. The maximum atomic E-state index is 13.0. The van der Waals surface area contributed by atoms with Crippen LogP contribution in [0.4, 0.5) is 18.9 Å². The van der Waals surface area contributed by atoms with Gasteiger partial charge >= 0.3 is 6.18 Å². The van der Waals surface area contributed by atoms with Gasteiger partial charge in [0.2, 0.25) is 0 Å². The molecule has 4 heterocycles. The van der Waals surface area contributed by atoms with Gasteiger partial charge in [-0.25, -0.2) is 0 Å². The van der Waals surface area contributed by atoms with Crippen LogP contribution in [0, 0.1) is 0 Å². The fourth-order valence-corrected chi connectivity index (χ4v) is 4.33. The van der Waals surface area contributed by atoms with Crippen LogP contribution in [0.5, 0.6) is 0 Å². The molecule has 0 aliphatic carbocycles. The molecule has 1 saturated heterocycles. The van der Waals surface area contributed by atoms with Crippen LogP contribution < -0.4 is 5.32 Å². The zero-order valence-electron chi connectivity index (χ0n) is 18.8. The average molecular weight is 480 g/mol. The number of anilines is 1. The van der Waals surface area contributed by atoms with Gasteiger partial charge in [0.25, 0.3) is 5.91 Å². The number of likely N-dealkylation sites (tertiary alicyclic amines) is 1. The number of hydrogen-bond acceptors (Lipinski definition) is 5. The summed E-state index contributed by atoms with van der Waals surface area (Å²) < 4.78 is 38.9. The second kappa shape index (κ2) is 9.46. The van der Waals surface area contributed by atoms with Gasteiger partial charge in [0.15, 0.2) is 5.69 Å². The molecule has 0 unspecified atom stereocenters. The molecule has 2 N–H and O–H groups in total. The lowest BCUT2D eigenvalue weighted by Gasteiger charge is -2.26. The van der Waals surface area contributed by atoms with Gasteiger partial charge in [0.05, 0.1) is 5.52 Å². The predicted molar refractivity (Wildman–Crippen MR) is 126 cm³/mol. The number of carbonyl (C=O) groups excluding carboxylic acids is 1. The highest BCUT2D eigenvalue weighted by Gasteiger charge is 2.32. The van der Waals surface area contributed by atoms with Crippen molar-refractivity contribution in [3.8, 4) is 11.1 Å². The Bertz CT molecular complexity index is 1360. The fraction of sp³-hybridized carbons (Fsp3) is 0.280. The van der Waals surface area contributed by atoms with Crippen molar-refractivity contribution in [2.75, 3.05) is 18.4 Å². The largest absolute Gasteiger partial charge is 0.433 e. The van der Waals surface area contributed by atoms with Crippen molar-refractivity contribution in [1.82, 2.24) is 25.1 Å². The van der Waals surface area contributed by atoms with Crippen molar-refractivity contribution < 1.29 is 18.0 Å². The molecule has 1 amide bonds. The van der Waals surface area contributed by atoms with Crippen molar-refractivity contribution in [1.29, 1.82) is 0 Å². The molecule has 4 aromatic rings. The lowest BCUT2D eigenvalue weighted by Crippen LogP contribution is -2.29. The van der Waals surface area contributed by atoms with Crippen molar-refractivity contribution in [3.63, 3.8) is 0 Å². The lowest BCUT2D eigenvalue weighted by atomic mass is 10.0. The van der Waals surface area contributed by atoms with E-state index in [1.165, 1.54) is 25.3 Å². The van der Waals surface area contributed by atoms with E-state index >= 15 is 0 Å². The van der Waals surface area contributed by atoms with E-state index in [1.807, 2.05) is 24.4 Å². The van der Waals surface area contributed by atoms with Crippen molar-refractivity contribution >= 4 is 22.5 Å². The normalized spacial score (nSPS) is 14.8. The molecule has 0 spiro atoms. The second-order valence-corrected chi connectivity index (χ2v) is 8.63. The number of rotatable bonds is 5. The van der Waals surface area contributed by atoms with Gasteiger partial charge in [0, 0.05) is 41.8 Å². The van der Waals surface area contributed by atoms with Crippen molar-refractivity contribution in [3.05, 3.63) is 71.9 Å². The molecular formula is C25H23F3N6O. The van der Waals surface area contributed by atoms with Crippen LogP contribution in [0.3, 0.4) is 0 Å². The SMILES string of the molecule is O=C(Nc1ccnc(C(F)(F)F)c1)c1n[nH]c2ccc(-c3cncc(CN4CCCCC4)c3)cc12. The molecule has 0 saturated carbocycles. The van der Waals surface area contributed by atoms with Gasteiger partial charge in [-0.15, -0.1) is 0 Å². The highest BCUT2D eigenvalue weighted by molar-refractivity contribution is 6.11. The van der Waals surface area contributed by atoms with E-state index in [-0.39, 0.29) is 11.4 Å². The minimum absolute atomic E-state index is 0.0146. The Hall–Kier alpha value is -3.79. The Morgan fingerprint density at radius 2 is 1.86 bits per heavy atom. The van der Waals surface area contributed by atoms with E-state index in [0.717, 1.165) is 48.6 Å². The van der Waals surface area contributed by atoms with E-state index in [4.69, 9.17) is 0 Å². The lowest BCUT2D eigenvalue weighted by molar-refractivity contribution is -0.141. The number of aromatic amines is 1. The number of nitrogens with zero attached hydrogens (tertiary/aromatic N) is 4. The molecule has 1 aliphatic rings. The van der Waals surface area contributed by atoms with Crippen LogP contribution in [-0.2, 0) is 12.7 Å². The van der Waals surface area contributed by atoms with Gasteiger partial charge in [0.1, 0.15) is 5.69 Å². The Balaban J connectivity index is 1.39. The molecule has 10 heteroatoms. The minimum atomic E-state index is -4.61. The molecule has 7 nitrogen and oxygen atoms in total. The molecular weight excluding hydrogens is 457 g/mol. The molecule has 180 valence electrons. The van der Waals surface area contributed by atoms with E-state index in [9.17, 15) is 18.0 Å². The zero-order valence-corrected chi connectivity index (χ0v) is 18.8. The summed E-state index contributed by atoms with van der Waals surface area (Å²) in [5.41, 5.74) is 2.53. The molecule has 1 fully saturated rings. The zero-order chi connectivity index (χ0) is 24.4. The number of fused-ring (bicyclic) bond motifs is 1. The summed E-state index contributed by atoms with van der Waals surface area (Å²) >= 11 is 0. The summed E-state index contributed by atoms with van der Waals surface area (Å²) in [6.45, 7) is 3.02. The summed E-state index contributed by atoms with van der Waals surface area (Å²) in [5, 5.41) is 9.95. The van der Waals surface area contributed by atoms with Gasteiger partial charge in [-0.3, -0.25) is 24.8 Å². The third kappa shape index (κ3) is 5.17. The number of halogens is 3. The summed E-state index contributed by atoms with van der Waals surface area (Å²) in [6.07, 6.45) is 3.75. The Morgan fingerprint density at radius 3 is 2.66 bits per heavy atom.